The first-order valence-electron chi connectivity index (χ1n) is 11.4. The molecule has 0 aliphatic rings. The molecule has 1 aromatic heterocycles. The molecule has 2 aromatic rings. The molecule has 0 spiro atoms. The van der Waals surface area contributed by atoms with Crippen LogP contribution in [0.15, 0.2) is 46.7 Å². The molecule has 174 valence electrons. The molecule has 1 heterocycles. The van der Waals surface area contributed by atoms with Crippen LogP contribution >= 0.6 is 15.9 Å². The predicted molar refractivity (Wildman–Crippen MR) is 133 cm³/mol. The summed E-state index contributed by atoms with van der Waals surface area (Å²) in [6.07, 6.45) is 12.5. The van der Waals surface area contributed by atoms with Gasteiger partial charge in [-0.1, -0.05) is 74.5 Å². The second-order valence-electron chi connectivity index (χ2n) is 8.39. The molecule has 0 radical (unpaired) electrons. The average molecular weight is 505 g/mol. The van der Waals surface area contributed by atoms with Gasteiger partial charge in [-0.3, -0.25) is 4.79 Å². The first-order chi connectivity index (χ1) is 15.3. The SMILES string of the molecule is CCCCCCC/C=C/C=C(\Oc1nc2ccc(Br)cc2c(F)c1C)C(=O)NCC(C)C. The lowest BCUT2D eigenvalue weighted by molar-refractivity contribution is -0.119. The summed E-state index contributed by atoms with van der Waals surface area (Å²) in [5.41, 5.74) is 0.730. The second kappa shape index (κ2) is 13.4. The van der Waals surface area contributed by atoms with Crippen LogP contribution in [0.3, 0.4) is 0 Å². The lowest BCUT2D eigenvalue weighted by Crippen LogP contribution is -2.30. The summed E-state index contributed by atoms with van der Waals surface area (Å²) in [7, 11) is 0. The first kappa shape index (κ1) is 26.0. The molecule has 0 aliphatic heterocycles. The van der Waals surface area contributed by atoms with Crippen LogP contribution in [0.1, 0.15) is 64.9 Å². The molecule has 6 heteroatoms. The van der Waals surface area contributed by atoms with Gasteiger partial charge in [-0.15, -0.1) is 0 Å². The number of fused-ring (bicyclic) bond motifs is 1. The van der Waals surface area contributed by atoms with Gasteiger partial charge >= 0.3 is 0 Å². The van der Waals surface area contributed by atoms with Crippen molar-refractivity contribution in [2.24, 2.45) is 5.92 Å². The number of unbranched alkanes of at least 4 members (excludes halogenated alkanes) is 5. The summed E-state index contributed by atoms with van der Waals surface area (Å²) < 4.78 is 21.6. The van der Waals surface area contributed by atoms with Crippen molar-refractivity contribution in [3.63, 3.8) is 0 Å². The minimum Gasteiger partial charge on any atom is -0.433 e. The number of carbonyl (C=O) groups excluding carboxylic acids is 1. The maximum atomic E-state index is 14.9. The van der Waals surface area contributed by atoms with E-state index in [9.17, 15) is 9.18 Å². The van der Waals surface area contributed by atoms with Crippen LogP contribution in [0.4, 0.5) is 4.39 Å². The van der Waals surface area contributed by atoms with E-state index in [1.54, 1.807) is 31.2 Å². The number of hydrogen-bond acceptors (Lipinski definition) is 3. The molecule has 1 aromatic carbocycles. The number of pyridine rings is 1. The van der Waals surface area contributed by atoms with E-state index in [0.717, 1.165) is 17.3 Å². The molecule has 0 saturated carbocycles. The van der Waals surface area contributed by atoms with E-state index in [1.807, 2.05) is 26.0 Å². The number of allylic oxidation sites excluding steroid dienone is 3. The Morgan fingerprint density at radius 1 is 1.25 bits per heavy atom. The number of ether oxygens (including phenoxy) is 1. The van der Waals surface area contributed by atoms with Gasteiger partial charge in [0.25, 0.3) is 5.91 Å². The van der Waals surface area contributed by atoms with Crippen molar-refractivity contribution >= 4 is 32.7 Å². The van der Waals surface area contributed by atoms with Gasteiger partial charge in [0, 0.05) is 22.0 Å². The molecule has 2 rings (SSSR count). The lowest BCUT2D eigenvalue weighted by atomic mass is 10.1. The Balaban J connectivity index is 2.21. The van der Waals surface area contributed by atoms with E-state index in [4.69, 9.17) is 4.74 Å². The molecule has 0 aliphatic carbocycles. The molecule has 0 atom stereocenters. The van der Waals surface area contributed by atoms with Crippen LogP contribution in [0.25, 0.3) is 10.9 Å². The normalized spacial score (nSPS) is 12.2. The fourth-order valence-electron chi connectivity index (χ4n) is 3.13. The van der Waals surface area contributed by atoms with Crippen molar-refractivity contribution in [1.29, 1.82) is 0 Å². The Kier molecular flexibility index (Phi) is 10.9. The topological polar surface area (TPSA) is 51.2 Å². The summed E-state index contributed by atoms with van der Waals surface area (Å²) in [5, 5.41) is 3.27. The molecule has 0 fully saturated rings. The Hall–Kier alpha value is -2.21. The quantitative estimate of drug-likeness (QED) is 0.142. The fraction of sp³-hybridized carbons (Fsp3) is 0.462. The number of halogens is 2. The molecule has 1 N–H and O–H groups in total. The maximum absolute atomic E-state index is 14.9. The van der Waals surface area contributed by atoms with Gasteiger partial charge in [0.05, 0.1) is 5.52 Å². The van der Waals surface area contributed by atoms with Crippen LogP contribution < -0.4 is 10.1 Å². The summed E-state index contributed by atoms with van der Waals surface area (Å²) in [4.78, 5) is 17.2. The predicted octanol–water partition coefficient (Wildman–Crippen LogP) is 7.40. The van der Waals surface area contributed by atoms with Gasteiger partial charge in [-0.05, 0) is 50.0 Å². The van der Waals surface area contributed by atoms with E-state index >= 15 is 0 Å². The summed E-state index contributed by atoms with van der Waals surface area (Å²) in [5.74, 6) is -0.259. The second-order valence-corrected chi connectivity index (χ2v) is 9.30. The van der Waals surface area contributed by atoms with Gasteiger partial charge in [0.1, 0.15) is 5.82 Å². The van der Waals surface area contributed by atoms with Crippen LogP contribution in [0, 0.1) is 18.7 Å². The number of benzene rings is 1. The first-order valence-corrected chi connectivity index (χ1v) is 12.2. The highest BCUT2D eigenvalue weighted by Crippen LogP contribution is 2.29. The molecule has 0 bridgehead atoms. The highest BCUT2D eigenvalue weighted by atomic mass is 79.9. The third kappa shape index (κ3) is 8.05. The zero-order valence-corrected chi connectivity index (χ0v) is 21.1. The minimum atomic E-state index is -0.407. The summed E-state index contributed by atoms with van der Waals surface area (Å²) in [6, 6.07) is 5.20. The number of carbonyl (C=O) groups is 1. The smallest absolute Gasteiger partial charge is 0.287 e. The van der Waals surface area contributed by atoms with Gasteiger partial charge in [-0.25, -0.2) is 9.37 Å². The van der Waals surface area contributed by atoms with E-state index in [1.165, 1.54) is 25.7 Å². The third-order valence-corrected chi connectivity index (χ3v) is 5.52. The maximum Gasteiger partial charge on any atom is 0.287 e. The zero-order chi connectivity index (χ0) is 23.5. The van der Waals surface area contributed by atoms with Crippen LogP contribution in [-0.4, -0.2) is 17.4 Å². The molecule has 32 heavy (non-hydrogen) atoms. The van der Waals surface area contributed by atoms with Crippen molar-refractivity contribution in [3.05, 3.63) is 58.0 Å². The molecule has 4 nitrogen and oxygen atoms in total. The number of hydrogen-bond donors (Lipinski definition) is 1. The molecule has 0 unspecified atom stereocenters. The van der Waals surface area contributed by atoms with E-state index in [2.05, 4.69) is 33.2 Å². The lowest BCUT2D eigenvalue weighted by Gasteiger charge is -2.14. The number of amides is 1. The summed E-state index contributed by atoms with van der Waals surface area (Å²) in [6.45, 7) is 8.37. The van der Waals surface area contributed by atoms with Gasteiger partial charge in [0.2, 0.25) is 5.88 Å². The molecular weight excluding hydrogens is 471 g/mol. The van der Waals surface area contributed by atoms with Gasteiger partial charge in [0.15, 0.2) is 5.76 Å². The van der Waals surface area contributed by atoms with Gasteiger partial charge < -0.3 is 10.1 Å². The molecule has 1 amide bonds. The Labute approximate surface area is 199 Å². The third-order valence-electron chi connectivity index (χ3n) is 5.03. The van der Waals surface area contributed by atoms with Crippen LogP contribution in [-0.2, 0) is 4.79 Å². The monoisotopic (exact) mass is 504 g/mol. The van der Waals surface area contributed by atoms with Crippen molar-refractivity contribution in [3.8, 4) is 5.88 Å². The Morgan fingerprint density at radius 2 is 2.00 bits per heavy atom. The van der Waals surface area contributed by atoms with Crippen LogP contribution in [0.5, 0.6) is 5.88 Å². The number of nitrogens with zero attached hydrogens (tertiary/aromatic N) is 1. The minimum absolute atomic E-state index is 0.0937. The number of nitrogens with one attached hydrogen (secondary N) is 1. The average Bonchev–Trinajstić information content (AvgIpc) is 2.76. The van der Waals surface area contributed by atoms with Crippen molar-refractivity contribution in [2.75, 3.05) is 6.54 Å². The molecule has 0 saturated heterocycles. The molecular formula is C26H34BrFN2O2. The Morgan fingerprint density at radius 3 is 2.72 bits per heavy atom. The van der Waals surface area contributed by atoms with Gasteiger partial charge in [-0.2, -0.15) is 0 Å². The largest absolute Gasteiger partial charge is 0.433 e. The van der Waals surface area contributed by atoms with Crippen molar-refractivity contribution < 1.29 is 13.9 Å². The van der Waals surface area contributed by atoms with Crippen molar-refractivity contribution in [1.82, 2.24) is 10.3 Å². The highest BCUT2D eigenvalue weighted by molar-refractivity contribution is 9.10. The van der Waals surface area contributed by atoms with E-state index in [0.29, 0.717) is 23.4 Å². The Bertz CT molecular complexity index is 970. The van der Waals surface area contributed by atoms with Crippen LogP contribution in [0.2, 0.25) is 0 Å². The van der Waals surface area contributed by atoms with E-state index in [-0.39, 0.29) is 23.1 Å². The van der Waals surface area contributed by atoms with Crippen molar-refractivity contribution in [2.45, 2.75) is 66.2 Å². The summed E-state index contributed by atoms with van der Waals surface area (Å²) >= 11 is 3.36. The standard InChI is InChI=1S/C26H34BrFN2O2/c1-5-6-7-8-9-10-11-12-13-23(25(31)29-17-18(2)3)32-26-19(4)24(28)21-16-20(27)14-15-22(21)30-26/h11-16,18H,5-10,17H2,1-4H3,(H,29,31)/b12-11+,23-13-. The number of rotatable bonds is 12. The zero-order valence-electron chi connectivity index (χ0n) is 19.5. The van der Waals surface area contributed by atoms with E-state index < -0.39 is 5.82 Å². The number of aromatic nitrogens is 1. The highest BCUT2D eigenvalue weighted by Gasteiger charge is 2.18. The fourth-order valence-corrected chi connectivity index (χ4v) is 3.49.